The number of furan rings is 1. The van der Waals surface area contributed by atoms with E-state index in [0.717, 1.165) is 4.31 Å². The van der Waals surface area contributed by atoms with Crippen LogP contribution in [-0.2, 0) is 10.0 Å². The predicted molar refractivity (Wildman–Crippen MR) is 115 cm³/mol. The molecule has 0 aliphatic carbocycles. The zero-order chi connectivity index (χ0) is 23.3. The van der Waals surface area contributed by atoms with Gasteiger partial charge in [-0.05, 0) is 42.5 Å². The van der Waals surface area contributed by atoms with Gasteiger partial charge in [0.1, 0.15) is 0 Å². The quantitative estimate of drug-likeness (QED) is 0.484. The van der Waals surface area contributed by atoms with Gasteiger partial charge in [-0.1, -0.05) is 18.2 Å². The van der Waals surface area contributed by atoms with Gasteiger partial charge in [-0.25, -0.2) is 12.7 Å². The Labute approximate surface area is 184 Å². The number of hydrazine groups is 1. The molecule has 0 saturated heterocycles. The van der Waals surface area contributed by atoms with Gasteiger partial charge in [0, 0.05) is 19.7 Å². The van der Waals surface area contributed by atoms with Crippen LogP contribution in [0.2, 0.25) is 0 Å². The highest BCUT2D eigenvalue weighted by Crippen LogP contribution is 2.17. The number of carbonyl (C=O) groups is 3. The number of para-hydroxylation sites is 1. The van der Waals surface area contributed by atoms with Crippen molar-refractivity contribution in [3.8, 4) is 0 Å². The molecular weight excluding hydrogens is 436 g/mol. The minimum atomic E-state index is -3.72. The number of hydrogen-bond donors (Lipinski definition) is 3. The average Bonchev–Trinajstić information content (AvgIpc) is 3.33. The van der Waals surface area contributed by atoms with Gasteiger partial charge in [-0.2, -0.15) is 0 Å². The molecule has 0 aliphatic rings. The molecule has 0 radical (unpaired) electrons. The summed E-state index contributed by atoms with van der Waals surface area (Å²) in [6.45, 7) is 0. The van der Waals surface area contributed by atoms with Gasteiger partial charge in [0.25, 0.3) is 17.7 Å². The van der Waals surface area contributed by atoms with Crippen molar-refractivity contribution in [2.45, 2.75) is 4.90 Å². The molecule has 0 spiro atoms. The van der Waals surface area contributed by atoms with E-state index in [-0.39, 0.29) is 27.5 Å². The monoisotopic (exact) mass is 456 g/mol. The number of anilines is 1. The van der Waals surface area contributed by atoms with Crippen molar-refractivity contribution in [3.05, 3.63) is 83.8 Å². The molecule has 0 saturated carbocycles. The second-order valence-corrected chi connectivity index (χ2v) is 8.85. The molecule has 3 N–H and O–H groups in total. The first-order valence-electron chi connectivity index (χ1n) is 9.27. The number of carbonyl (C=O) groups excluding carboxylic acids is 3. The fourth-order valence-electron chi connectivity index (χ4n) is 2.64. The lowest BCUT2D eigenvalue weighted by atomic mass is 10.1. The zero-order valence-electron chi connectivity index (χ0n) is 17.2. The zero-order valence-corrected chi connectivity index (χ0v) is 18.0. The highest BCUT2D eigenvalue weighted by molar-refractivity contribution is 7.89. The summed E-state index contributed by atoms with van der Waals surface area (Å²) in [4.78, 5) is 37.2. The number of nitrogens with one attached hydrogen (secondary N) is 3. The Hall–Kier alpha value is -3.96. The lowest BCUT2D eigenvalue weighted by Crippen LogP contribution is -2.42. The Morgan fingerprint density at radius 3 is 2.25 bits per heavy atom. The summed E-state index contributed by atoms with van der Waals surface area (Å²) in [6, 6.07) is 14.6. The lowest BCUT2D eigenvalue weighted by molar-refractivity contribution is 0.0846. The molecule has 3 amide bonds. The number of benzene rings is 2. The fraction of sp³-hybridized carbons (Fsp3) is 0.0952. The molecule has 166 valence electrons. The highest BCUT2D eigenvalue weighted by Gasteiger charge is 2.20. The normalized spacial score (nSPS) is 11.1. The van der Waals surface area contributed by atoms with Crippen molar-refractivity contribution in [2.75, 3.05) is 19.4 Å². The Morgan fingerprint density at radius 2 is 1.56 bits per heavy atom. The highest BCUT2D eigenvalue weighted by atomic mass is 32.2. The Bertz CT molecular complexity index is 1250. The summed E-state index contributed by atoms with van der Waals surface area (Å²) < 4.78 is 30.6. The standard InChI is InChI=1S/C21H20N4O6S/c1-25(2)32(29,30)15-8-5-7-14(13-15)19(26)23-24-20(27)16-9-3-4-10-17(16)22-21(28)18-11-6-12-31-18/h3-13H,1-2H3,(H,22,28)(H,23,26)(H,24,27). The molecule has 32 heavy (non-hydrogen) atoms. The van der Waals surface area contributed by atoms with Crippen molar-refractivity contribution in [3.63, 3.8) is 0 Å². The molecule has 0 unspecified atom stereocenters. The van der Waals surface area contributed by atoms with Crippen LogP contribution >= 0.6 is 0 Å². The Balaban J connectivity index is 1.70. The minimum Gasteiger partial charge on any atom is -0.459 e. The molecule has 0 aliphatic heterocycles. The molecule has 0 bridgehead atoms. The number of sulfonamides is 1. The van der Waals surface area contributed by atoms with Crippen LogP contribution in [0, 0.1) is 0 Å². The molecule has 0 fully saturated rings. The van der Waals surface area contributed by atoms with Gasteiger partial charge in [0.05, 0.1) is 22.4 Å². The van der Waals surface area contributed by atoms with Crippen molar-refractivity contribution in [1.29, 1.82) is 0 Å². The van der Waals surface area contributed by atoms with Crippen molar-refractivity contribution < 1.29 is 27.2 Å². The molecule has 3 rings (SSSR count). The first-order chi connectivity index (χ1) is 15.2. The molecule has 11 heteroatoms. The van der Waals surface area contributed by atoms with Crippen LogP contribution in [0.25, 0.3) is 0 Å². The van der Waals surface area contributed by atoms with Crippen LogP contribution in [0.3, 0.4) is 0 Å². The van der Waals surface area contributed by atoms with Crippen LogP contribution < -0.4 is 16.2 Å². The molecule has 3 aromatic rings. The number of nitrogens with zero attached hydrogens (tertiary/aromatic N) is 1. The third-order valence-electron chi connectivity index (χ3n) is 4.33. The second-order valence-electron chi connectivity index (χ2n) is 6.70. The van der Waals surface area contributed by atoms with Crippen LogP contribution in [0.5, 0.6) is 0 Å². The Morgan fingerprint density at radius 1 is 0.844 bits per heavy atom. The summed E-state index contributed by atoms with van der Waals surface area (Å²) in [7, 11) is -0.966. The van der Waals surface area contributed by atoms with E-state index in [1.165, 1.54) is 62.8 Å². The van der Waals surface area contributed by atoms with E-state index < -0.39 is 27.7 Å². The average molecular weight is 456 g/mol. The van der Waals surface area contributed by atoms with E-state index in [1.54, 1.807) is 18.2 Å². The minimum absolute atomic E-state index is 0.0348. The summed E-state index contributed by atoms with van der Waals surface area (Å²) >= 11 is 0. The topological polar surface area (TPSA) is 138 Å². The third-order valence-corrected chi connectivity index (χ3v) is 6.14. The van der Waals surface area contributed by atoms with E-state index in [9.17, 15) is 22.8 Å². The van der Waals surface area contributed by atoms with E-state index in [4.69, 9.17) is 4.42 Å². The van der Waals surface area contributed by atoms with E-state index in [2.05, 4.69) is 16.2 Å². The van der Waals surface area contributed by atoms with E-state index >= 15 is 0 Å². The maximum atomic E-state index is 12.6. The first kappa shape index (κ1) is 22.7. The molecule has 10 nitrogen and oxygen atoms in total. The van der Waals surface area contributed by atoms with Crippen LogP contribution in [-0.4, -0.2) is 44.5 Å². The van der Waals surface area contributed by atoms with Crippen molar-refractivity contribution in [2.24, 2.45) is 0 Å². The van der Waals surface area contributed by atoms with Gasteiger partial charge in [-0.3, -0.25) is 25.2 Å². The fourth-order valence-corrected chi connectivity index (χ4v) is 3.59. The number of rotatable bonds is 6. The molecule has 1 heterocycles. The van der Waals surface area contributed by atoms with Gasteiger partial charge in [-0.15, -0.1) is 0 Å². The maximum absolute atomic E-state index is 12.6. The van der Waals surface area contributed by atoms with Gasteiger partial charge < -0.3 is 9.73 Å². The summed E-state index contributed by atoms with van der Waals surface area (Å²) in [6.07, 6.45) is 1.35. The summed E-state index contributed by atoms with van der Waals surface area (Å²) in [5.74, 6) is -1.88. The van der Waals surface area contributed by atoms with E-state index in [0.29, 0.717) is 0 Å². The summed E-state index contributed by atoms with van der Waals surface area (Å²) in [5.41, 5.74) is 4.83. The van der Waals surface area contributed by atoms with Gasteiger partial charge in [0.2, 0.25) is 10.0 Å². The molecule has 2 aromatic carbocycles. The van der Waals surface area contributed by atoms with E-state index in [1.807, 2.05) is 0 Å². The molecule has 0 atom stereocenters. The first-order valence-corrected chi connectivity index (χ1v) is 10.7. The Kier molecular flexibility index (Phi) is 6.71. The van der Waals surface area contributed by atoms with Crippen LogP contribution in [0.4, 0.5) is 5.69 Å². The predicted octanol–water partition coefficient (Wildman–Crippen LogP) is 1.86. The SMILES string of the molecule is CN(C)S(=O)(=O)c1cccc(C(=O)NNC(=O)c2ccccc2NC(=O)c2ccco2)c1. The second kappa shape index (κ2) is 9.45. The smallest absolute Gasteiger partial charge is 0.291 e. The maximum Gasteiger partial charge on any atom is 0.291 e. The largest absolute Gasteiger partial charge is 0.459 e. The van der Waals surface area contributed by atoms with Crippen LogP contribution in [0.1, 0.15) is 31.3 Å². The van der Waals surface area contributed by atoms with Crippen molar-refractivity contribution in [1.82, 2.24) is 15.2 Å². The number of amides is 3. The molecule has 1 aromatic heterocycles. The van der Waals surface area contributed by atoms with Crippen LogP contribution in [0.15, 0.2) is 76.2 Å². The summed E-state index contributed by atoms with van der Waals surface area (Å²) in [5, 5.41) is 2.57. The molecular formula is C21H20N4O6S. The number of hydrogen-bond acceptors (Lipinski definition) is 6. The lowest BCUT2D eigenvalue weighted by Gasteiger charge is -2.13. The third kappa shape index (κ3) is 5.02. The van der Waals surface area contributed by atoms with Crippen molar-refractivity contribution >= 4 is 33.4 Å². The van der Waals surface area contributed by atoms with Gasteiger partial charge >= 0.3 is 0 Å². The van der Waals surface area contributed by atoms with Gasteiger partial charge in [0.15, 0.2) is 5.76 Å².